The number of hydrogen-bond donors (Lipinski definition) is 1. The molecule has 0 amide bonds. The molecule has 0 radical (unpaired) electrons. The third kappa shape index (κ3) is 4.31. The molecule has 3 nitrogen and oxygen atoms in total. The van der Waals surface area contributed by atoms with Crippen molar-refractivity contribution < 1.29 is 14.4 Å². The summed E-state index contributed by atoms with van der Waals surface area (Å²) in [5.74, 6) is -0.209. The number of likely N-dealkylation sites (tertiary alicyclic amines) is 1. The first-order valence-electron chi connectivity index (χ1n) is 8.10. The monoisotopic (exact) mass is 290 g/mol. The largest absolute Gasteiger partial charge is 0.453 e. The molecule has 1 heterocycles. The summed E-state index contributed by atoms with van der Waals surface area (Å²) in [6.07, 6.45) is 3.83. The summed E-state index contributed by atoms with van der Waals surface area (Å²) in [6.45, 7) is 9.53. The van der Waals surface area contributed by atoms with Crippen LogP contribution in [0.3, 0.4) is 0 Å². The summed E-state index contributed by atoms with van der Waals surface area (Å²) in [7, 11) is 0. The van der Waals surface area contributed by atoms with Crippen LogP contribution in [0.25, 0.3) is 0 Å². The van der Waals surface area contributed by atoms with Crippen LogP contribution in [0, 0.1) is 6.92 Å². The fourth-order valence-corrected chi connectivity index (χ4v) is 3.30. The lowest BCUT2D eigenvalue weighted by molar-refractivity contribution is -0.953. The summed E-state index contributed by atoms with van der Waals surface area (Å²) in [5, 5.41) is 0. The Labute approximate surface area is 128 Å². The van der Waals surface area contributed by atoms with Crippen LogP contribution in [0.2, 0.25) is 0 Å². The van der Waals surface area contributed by atoms with E-state index in [9.17, 15) is 4.79 Å². The topological polar surface area (TPSA) is 30.7 Å². The van der Waals surface area contributed by atoms with Crippen LogP contribution >= 0.6 is 0 Å². The number of benzene rings is 1. The molecule has 1 N–H and O–H groups in total. The Hall–Kier alpha value is -1.35. The number of aryl methyl sites for hydroxylation is 1. The van der Waals surface area contributed by atoms with Crippen molar-refractivity contribution in [3.05, 3.63) is 35.4 Å². The summed E-state index contributed by atoms with van der Waals surface area (Å²) >= 11 is 0. The summed E-state index contributed by atoms with van der Waals surface area (Å²) in [5.41, 5.74) is 1.79. The zero-order chi connectivity index (χ0) is 15.4. The van der Waals surface area contributed by atoms with Crippen molar-refractivity contribution in [2.24, 2.45) is 0 Å². The van der Waals surface area contributed by atoms with Gasteiger partial charge in [0, 0.05) is 0 Å². The van der Waals surface area contributed by atoms with E-state index in [1.54, 1.807) is 4.90 Å². The number of hydrogen-bond acceptors (Lipinski definition) is 2. The molecule has 1 aromatic rings. The second-order valence-electron chi connectivity index (χ2n) is 6.59. The lowest BCUT2D eigenvalue weighted by Gasteiger charge is -2.37. The van der Waals surface area contributed by atoms with E-state index in [-0.39, 0.29) is 12.1 Å². The minimum atomic E-state index is -0.209. The molecule has 2 rings (SSSR count). The van der Waals surface area contributed by atoms with Crippen molar-refractivity contribution in [2.45, 2.75) is 65.1 Å². The fourth-order valence-electron chi connectivity index (χ4n) is 3.30. The number of quaternary nitrogens is 1. The smallest absolute Gasteiger partial charge is 0.338 e. The molecule has 0 bridgehead atoms. The van der Waals surface area contributed by atoms with E-state index >= 15 is 0 Å². The van der Waals surface area contributed by atoms with Gasteiger partial charge in [-0.2, -0.15) is 0 Å². The van der Waals surface area contributed by atoms with Gasteiger partial charge in [0.05, 0.1) is 17.6 Å². The number of carbonyl (C=O) groups excluding carboxylic acids is 1. The molecule has 0 spiro atoms. The molecule has 1 unspecified atom stereocenters. The molecular formula is C18H28NO2+. The lowest BCUT2D eigenvalue weighted by Crippen LogP contribution is -3.20. The predicted molar refractivity (Wildman–Crippen MR) is 84.7 cm³/mol. The Kier molecular flexibility index (Phi) is 5.40. The van der Waals surface area contributed by atoms with Crippen LogP contribution in [0.1, 0.15) is 56.0 Å². The Morgan fingerprint density at radius 1 is 1.24 bits per heavy atom. The van der Waals surface area contributed by atoms with Gasteiger partial charge in [-0.25, -0.2) is 4.79 Å². The van der Waals surface area contributed by atoms with Crippen molar-refractivity contribution in [1.29, 1.82) is 0 Å². The molecule has 1 aliphatic rings. The van der Waals surface area contributed by atoms with Crippen molar-refractivity contribution >= 4 is 5.97 Å². The van der Waals surface area contributed by atoms with Crippen LogP contribution in [-0.2, 0) is 4.74 Å². The van der Waals surface area contributed by atoms with E-state index in [0.29, 0.717) is 17.6 Å². The van der Waals surface area contributed by atoms with E-state index in [2.05, 4.69) is 13.8 Å². The number of ether oxygens (including phenoxy) is 1. The average molecular weight is 290 g/mol. The summed E-state index contributed by atoms with van der Waals surface area (Å²) < 4.78 is 5.62. The second-order valence-corrected chi connectivity index (χ2v) is 6.59. The van der Waals surface area contributed by atoms with Crippen LogP contribution in [-0.4, -0.2) is 30.7 Å². The molecule has 4 atom stereocenters. The maximum Gasteiger partial charge on any atom is 0.338 e. The van der Waals surface area contributed by atoms with Crippen LogP contribution in [0.4, 0.5) is 0 Å². The van der Waals surface area contributed by atoms with E-state index in [4.69, 9.17) is 4.74 Å². The van der Waals surface area contributed by atoms with E-state index < -0.39 is 0 Å². The molecule has 1 aliphatic heterocycles. The molecule has 1 fully saturated rings. The lowest BCUT2D eigenvalue weighted by atomic mass is 9.97. The molecule has 0 aromatic heterocycles. The van der Waals surface area contributed by atoms with Crippen molar-refractivity contribution in [3.8, 4) is 0 Å². The predicted octanol–water partition coefficient (Wildman–Crippen LogP) is 2.39. The Morgan fingerprint density at radius 2 is 1.81 bits per heavy atom. The van der Waals surface area contributed by atoms with Gasteiger partial charge in [0.2, 0.25) is 0 Å². The van der Waals surface area contributed by atoms with Gasteiger partial charge in [-0.3, -0.25) is 0 Å². The summed E-state index contributed by atoms with van der Waals surface area (Å²) in [4.78, 5) is 13.7. The SMILES string of the molecule is Cc1ccc(C(=O)O[C@H](C)C[NH+]2[C@H](C)CCC[C@@H]2C)cc1. The number of piperidine rings is 1. The third-order valence-electron chi connectivity index (χ3n) is 4.66. The maximum atomic E-state index is 12.1. The van der Waals surface area contributed by atoms with Gasteiger partial charge < -0.3 is 9.64 Å². The van der Waals surface area contributed by atoms with Gasteiger partial charge in [0.25, 0.3) is 0 Å². The summed E-state index contributed by atoms with van der Waals surface area (Å²) in [6, 6.07) is 8.89. The molecule has 21 heavy (non-hydrogen) atoms. The Morgan fingerprint density at radius 3 is 2.38 bits per heavy atom. The normalized spacial score (nSPS) is 27.1. The number of carbonyl (C=O) groups is 1. The molecule has 3 heteroatoms. The van der Waals surface area contributed by atoms with Gasteiger partial charge in [-0.15, -0.1) is 0 Å². The minimum Gasteiger partial charge on any atom is -0.453 e. The molecule has 0 aliphatic carbocycles. The quantitative estimate of drug-likeness (QED) is 0.863. The molecule has 0 saturated carbocycles. The average Bonchev–Trinajstić information content (AvgIpc) is 2.43. The number of rotatable bonds is 4. The third-order valence-corrected chi connectivity index (χ3v) is 4.66. The van der Waals surface area contributed by atoms with Crippen molar-refractivity contribution in [1.82, 2.24) is 0 Å². The Bertz CT molecular complexity index is 459. The van der Waals surface area contributed by atoms with Crippen molar-refractivity contribution in [3.63, 3.8) is 0 Å². The fraction of sp³-hybridized carbons (Fsp3) is 0.611. The maximum absolute atomic E-state index is 12.1. The van der Waals surface area contributed by atoms with Crippen molar-refractivity contribution in [2.75, 3.05) is 6.54 Å². The first kappa shape index (κ1) is 16.0. The first-order valence-corrected chi connectivity index (χ1v) is 8.10. The van der Waals surface area contributed by atoms with Gasteiger partial charge in [-0.05, 0) is 59.1 Å². The van der Waals surface area contributed by atoms with Crippen LogP contribution in [0.15, 0.2) is 24.3 Å². The first-order chi connectivity index (χ1) is 9.97. The zero-order valence-corrected chi connectivity index (χ0v) is 13.7. The highest BCUT2D eigenvalue weighted by Crippen LogP contribution is 2.09. The molecule has 1 aromatic carbocycles. The number of nitrogens with one attached hydrogen (secondary N) is 1. The minimum absolute atomic E-state index is 0.0446. The van der Waals surface area contributed by atoms with Gasteiger partial charge in [0.15, 0.2) is 0 Å². The van der Waals surface area contributed by atoms with Gasteiger partial charge in [0.1, 0.15) is 12.6 Å². The van der Waals surface area contributed by atoms with Gasteiger partial charge in [-0.1, -0.05) is 17.7 Å². The van der Waals surface area contributed by atoms with E-state index in [1.165, 1.54) is 19.3 Å². The second kappa shape index (κ2) is 7.08. The molecule has 1 saturated heterocycles. The van der Waals surface area contributed by atoms with E-state index in [0.717, 1.165) is 12.1 Å². The Balaban J connectivity index is 1.90. The molecule has 116 valence electrons. The standard InChI is InChI=1S/C18H27NO2/c1-13-8-10-17(11-9-13)18(20)21-16(4)12-19-14(2)6-5-7-15(19)3/h8-11,14-16H,5-7,12H2,1-4H3/p+1/t14-,15+,16-/m1/s1. The highest BCUT2D eigenvalue weighted by Gasteiger charge is 2.30. The van der Waals surface area contributed by atoms with E-state index in [1.807, 2.05) is 38.1 Å². The van der Waals surface area contributed by atoms with Crippen LogP contribution < -0.4 is 4.90 Å². The zero-order valence-electron chi connectivity index (χ0n) is 13.7. The molecular weight excluding hydrogens is 262 g/mol. The highest BCUT2D eigenvalue weighted by atomic mass is 16.5. The highest BCUT2D eigenvalue weighted by molar-refractivity contribution is 5.89. The number of esters is 1. The van der Waals surface area contributed by atoms with Gasteiger partial charge >= 0.3 is 5.97 Å². The van der Waals surface area contributed by atoms with Crippen LogP contribution in [0.5, 0.6) is 0 Å².